The van der Waals surface area contributed by atoms with Crippen molar-refractivity contribution in [2.45, 2.75) is 56.9 Å². The van der Waals surface area contributed by atoms with Crippen LogP contribution in [-0.2, 0) is 11.0 Å². The molecule has 1 fully saturated rings. The fourth-order valence-electron chi connectivity index (χ4n) is 6.20. The van der Waals surface area contributed by atoms with Crippen molar-refractivity contribution < 1.29 is 18.0 Å². The van der Waals surface area contributed by atoms with Crippen molar-refractivity contribution in [3.63, 3.8) is 0 Å². The summed E-state index contributed by atoms with van der Waals surface area (Å²) in [6.07, 6.45) is -3.44. The maximum absolute atomic E-state index is 15.0. The molecule has 6 rings (SSSR count). The number of thiophene rings is 1. The summed E-state index contributed by atoms with van der Waals surface area (Å²) in [7, 11) is 0. The lowest BCUT2D eigenvalue weighted by Crippen LogP contribution is -2.58. The van der Waals surface area contributed by atoms with Crippen molar-refractivity contribution in [1.29, 1.82) is 0 Å². The molecule has 222 valence electrons. The summed E-state index contributed by atoms with van der Waals surface area (Å²) >= 11 is 3.77. The van der Waals surface area contributed by atoms with E-state index in [-0.39, 0.29) is 51.8 Å². The third-order valence-electron chi connectivity index (χ3n) is 7.99. The van der Waals surface area contributed by atoms with Gasteiger partial charge in [0.1, 0.15) is 11.3 Å². The summed E-state index contributed by atoms with van der Waals surface area (Å²) in [4.78, 5) is 39.4. The number of halogens is 3. The van der Waals surface area contributed by atoms with Crippen LogP contribution in [0, 0.1) is 5.92 Å². The van der Waals surface area contributed by atoms with E-state index in [0.29, 0.717) is 39.6 Å². The SMILES string of the molecule is C=CC(=O)N1C(C)CN(c2nc(=O)n3c4c(c(-c5scc6sc(N)nc56)c(C(F)(F)F)cc24)SCC3C(C)C)CC1C. The number of piperazine rings is 1. The van der Waals surface area contributed by atoms with Crippen LogP contribution in [0.15, 0.2) is 33.8 Å². The van der Waals surface area contributed by atoms with Gasteiger partial charge in [-0.1, -0.05) is 31.8 Å². The predicted molar refractivity (Wildman–Crippen MR) is 165 cm³/mol. The Hall–Kier alpha value is -3.10. The Labute approximate surface area is 252 Å². The molecule has 5 heterocycles. The first-order valence-electron chi connectivity index (χ1n) is 13.5. The van der Waals surface area contributed by atoms with Crippen LogP contribution < -0.4 is 16.3 Å². The molecule has 4 aromatic rings. The van der Waals surface area contributed by atoms with E-state index in [4.69, 9.17) is 5.73 Å². The average Bonchev–Trinajstić information content (AvgIpc) is 3.47. The molecule has 3 aromatic heterocycles. The highest BCUT2D eigenvalue weighted by atomic mass is 32.2. The number of hydrogen-bond acceptors (Lipinski definition) is 9. The maximum atomic E-state index is 15.0. The van der Waals surface area contributed by atoms with Gasteiger partial charge in [0.2, 0.25) is 5.91 Å². The predicted octanol–water partition coefficient (Wildman–Crippen LogP) is 6.25. The summed E-state index contributed by atoms with van der Waals surface area (Å²) in [5.41, 5.74) is 5.55. The number of nitrogens with zero attached hydrogens (tertiary/aromatic N) is 5. The molecule has 1 aromatic carbocycles. The van der Waals surface area contributed by atoms with Gasteiger partial charge < -0.3 is 15.5 Å². The molecular formula is C28H29F3N6O2S3. The molecule has 1 amide bonds. The molecule has 8 nitrogen and oxygen atoms in total. The Bertz CT molecular complexity index is 1800. The fraction of sp³-hybridized carbons (Fsp3) is 0.429. The smallest absolute Gasteiger partial charge is 0.375 e. The molecule has 2 N–H and O–H groups in total. The third kappa shape index (κ3) is 4.49. The number of thioether (sulfide) groups is 1. The minimum Gasteiger partial charge on any atom is -0.375 e. The van der Waals surface area contributed by atoms with E-state index in [1.54, 1.807) is 14.8 Å². The number of carbonyl (C=O) groups is 1. The average molecular weight is 635 g/mol. The molecular weight excluding hydrogens is 606 g/mol. The number of hydrogen-bond donors (Lipinski definition) is 1. The van der Waals surface area contributed by atoms with Crippen LogP contribution in [0.25, 0.3) is 31.6 Å². The standard InChI is InChI=1S/C28H29F3N6O2S3/c1-6-19(38)36-13(4)8-35(9-14(36)5)25-15-7-16(28(29,30)31)20(23-21-18(11-41-23)42-26(32)33-21)24-22(15)37(27(39)34-25)17(10-40-24)12(2)3/h6-7,11-14,17H,1,8-10H2,2-5H3,(H2,32,33). The number of benzene rings is 1. The van der Waals surface area contributed by atoms with Gasteiger partial charge in [-0.05, 0) is 31.9 Å². The lowest BCUT2D eigenvalue weighted by molar-refractivity contribution is -0.137. The van der Waals surface area contributed by atoms with Crippen LogP contribution in [0.3, 0.4) is 0 Å². The molecule has 0 spiro atoms. The lowest BCUT2D eigenvalue weighted by atomic mass is 9.98. The molecule has 3 unspecified atom stereocenters. The number of anilines is 2. The number of aromatic nitrogens is 3. The van der Waals surface area contributed by atoms with E-state index < -0.39 is 17.4 Å². The topological polar surface area (TPSA) is 97.4 Å². The van der Waals surface area contributed by atoms with Gasteiger partial charge in [-0.3, -0.25) is 9.36 Å². The molecule has 0 aliphatic carbocycles. The Balaban J connectivity index is 1.67. The monoisotopic (exact) mass is 634 g/mol. The third-order valence-corrected chi connectivity index (χ3v) is 11.2. The highest BCUT2D eigenvalue weighted by Crippen LogP contribution is 2.53. The van der Waals surface area contributed by atoms with Gasteiger partial charge in [-0.25, -0.2) is 9.78 Å². The van der Waals surface area contributed by atoms with Gasteiger partial charge in [0.05, 0.1) is 26.7 Å². The summed E-state index contributed by atoms with van der Waals surface area (Å²) in [6.45, 7) is 11.9. The van der Waals surface area contributed by atoms with Gasteiger partial charge in [0, 0.05) is 52.2 Å². The first kappa shape index (κ1) is 29.0. The number of amides is 1. The number of carbonyl (C=O) groups excluding carboxylic acids is 1. The lowest BCUT2D eigenvalue weighted by Gasteiger charge is -2.45. The summed E-state index contributed by atoms with van der Waals surface area (Å²) in [5, 5.41) is 2.33. The van der Waals surface area contributed by atoms with Crippen LogP contribution in [0.1, 0.15) is 39.3 Å². The molecule has 0 radical (unpaired) electrons. The first-order chi connectivity index (χ1) is 19.8. The van der Waals surface area contributed by atoms with E-state index in [2.05, 4.69) is 16.5 Å². The first-order valence-corrected chi connectivity index (χ1v) is 16.2. The zero-order valence-corrected chi connectivity index (χ0v) is 25.8. The highest BCUT2D eigenvalue weighted by Gasteiger charge is 2.41. The number of nitrogens with two attached hydrogens (primary N) is 1. The quantitative estimate of drug-likeness (QED) is 0.265. The van der Waals surface area contributed by atoms with Crippen LogP contribution in [0.5, 0.6) is 0 Å². The van der Waals surface area contributed by atoms with E-state index in [9.17, 15) is 22.8 Å². The Morgan fingerprint density at radius 2 is 1.90 bits per heavy atom. The molecule has 2 aliphatic heterocycles. The number of rotatable bonds is 4. The molecule has 0 saturated carbocycles. The fourth-order valence-corrected chi connectivity index (χ4v) is 9.78. The Morgan fingerprint density at radius 1 is 1.21 bits per heavy atom. The van der Waals surface area contributed by atoms with Crippen molar-refractivity contribution in [1.82, 2.24) is 19.4 Å². The van der Waals surface area contributed by atoms with Crippen LogP contribution >= 0.6 is 34.4 Å². The molecule has 14 heteroatoms. The second kappa shape index (κ2) is 10.3. The van der Waals surface area contributed by atoms with Gasteiger partial charge in [0.25, 0.3) is 0 Å². The minimum absolute atomic E-state index is 0.0286. The van der Waals surface area contributed by atoms with Crippen molar-refractivity contribution >= 4 is 72.4 Å². The summed E-state index contributed by atoms with van der Waals surface area (Å²) < 4.78 is 47.2. The Morgan fingerprint density at radius 3 is 2.52 bits per heavy atom. The van der Waals surface area contributed by atoms with Gasteiger partial charge in [0.15, 0.2) is 5.13 Å². The van der Waals surface area contributed by atoms with Gasteiger partial charge in [-0.2, -0.15) is 18.2 Å². The number of thiazole rings is 1. The molecule has 2 aliphatic rings. The van der Waals surface area contributed by atoms with Crippen molar-refractivity contribution in [2.75, 3.05) is 29.5 Å². The molecule has 3 atom stereocenters. The van der Waals surface area contributed by atoms with Crippen molar-refractivity contribution in [2.24, 2.45) is 5.92 Å². The largest absolute Gasteiger partial charge is 0.417 e. The number of alkyl halides is 3. The number of fused-ring (bicyclic) bond motifs is 1. The molecule has 42 heavy (non-hydrogen) atoms. The minimum atomic E-state index is -4.69. The van der Waals surface area contributed by atoms with E-state index in [0.717, 1.165) is 10.8 Å². The summed E-state index contributed by atoms with van der Waals surface area (Å²) in [6, 6.07) is 0.342. The van der Waals surface area contributed by atoms with Crippen LogP contribution in [-0.4, -0.2) is 56.3 Å². The zero-order chi connectivity index (χ0) is 30.2. The second-order valence-electron chi connectivity index (χ2n) is 11.1. The second-order valence-corrected chi connectivity index (χ2v) is 14.1. The van der Waals surface area contributed by atoms with Gasteiger partial charge in [-0.15, -0.1) is 23.1 Å². The van der Waals surface area contributed by atoms with Crippen LogP contribution in [0.4, 0.5) is 24.1 Å². The normalized spacial score (nSPS) is 21.1. The maximum Gasteiger partial charge on any atom is 0.417 e. The van der Waals surface area contributed by atoms with E-state index in [1.165, 1.54) is 40.5 Å². The van der Waals surface area contributed by atoms with Crippen LogP contribution in [0.2, 0.25) is 0 Å². The van der Waals surface area contributed by atoms with E-state index in [1.807, 2.05) is 32.6 Å². The molecule has 1 saturated heterocycles. The van der Waals surface area contributed by atoms with Crippen molar-refractivity contribution in [3.8, 4) is 10.4 Å². The Kier molecular flexibility index (Phi) is 7.09. The van der Waals surface area contributed by atoms with E-state index >= 15 is 0 Å². The highest BCUT2D eigenvalue weighted by molar-refractivity contribution is 7.99. The zero-order valence-electron chi connectivity index (χ0n) is 23.4. The number of nitrogen functional groups attached to an aromatic ring is 1. The summed E-state index contributed by atoms with van der Waals surface area (Å²) in [5.74, 6) is 0.460. The van der Waals surface area contributed by atoms with Gasteiger partial charge >= 0.3 is 11.9 Å². The van der Waals surface area contributed by atoms with Crippen molar-refractivity contribution in [3.05, 3.63) is 40.1 Å². The molecule has 0 bridgehead atoms.